The Labute approximate surface area is 139 Å². The third kappa shape index (κ3) is 6.91. The summed E-state index contributed by atoms with van der Waals surface area (Å²) in [5.41, 5.74) is 0.381. The molecule has 2 atom stereocenters. The van der Waals surface area contributed by atoms with Crippen LogP contribution in [0.1, 0.15) is 59.1 Å². The van der Waals surface area contributed by atoms with Gasteiger partial charge in [-0.25, -0.2) is 4.79 Å². The fourth-order valence-electron chi connectivity index (χ4n) is 2.34. The third-order valence-corrected chi connectivity index (χ3v) is 3.54. The van der Waals surface area contributed by atoms with E-state index in [9.17, 15) is 9.90 Å². The summed E-state index contributed by atoms with van der Waals surface area (Å²) in [7, 11) is 0. The molecule has 3 N–H and O–H groups in total. The van der Waals surface area contributed by atoms with Crippen LogP contribution in [-0.4, -0.2) is 29.4 Å². The highest BCUT2D eigenvalue weighted by molar-refractivity contribution is 5.67. The van der Waals surface area contributed by atoms with Gasteiger partial charge in [0.1, 0.15) is 11.4 Å². The van der Waals surface area contributed by atoms with Crippen LogP contribution in [0.5, 0.6) is 5.75 Å². The number of ether oxygens (including phenoxy) is 1. The molecule has 0 aromatic heterocycles. The van der Waals surface area contributed by atoms with E-state index in [0.29, 0.717) is 12.3 Å². The van der Waals surface area contributed by atoms with Crippen LogP contribution in [0.25, 0.3) is 0 Å². The summed E-state index contributed by atoms with van der Waals surface area (Å²) in [5.74, 6) is 0.293. The average Bonchev–Trinajstić information content (AvgIpc) is 2.47. The van der Waals surface area contributed by atoms with E-state index in [4.69, 9.17) is 4.74 Å². The summed E-state index contributed by atoms with van der Waals surface area (Å²) >= 11 is 0. The van der Waals surface area contributed by atoms with Gasteiger partial charge in [-0.05, 0) is 39.7 Å². The first-order valence-corrected chi connectivity index (χ1v) is 8.27. The Kier molecular flexibility index (Phi) is 7.36. The van der Waals surface area contributed by atoms with Crippen molar-refractivity contribution in [3.05, 3.63) is 29.8 Å². The van der Waals surface area contributed by atoms with Crippen LogP contribution in [0.2, 0.25) is 0 Å². The third-order valence-electron chi connectivity index (χ3n) is 3.54. The zero-order valence-electron chi connectivity index (χ0n) is 14.8. The minimum Gasteiger partial charge on any atom is -0.508 e. The zero-order chi connectivity index (χ0) is 17.5. The Morgan fingerprint density at radius 2 is 1.87 bits per heavy atom. The first kappa shape index (κ1) is 19.3. The number of aromatic hydroxyl groups is 1. The summed E-state index contributed by atoms with van der Waals surface area (Å²) in [4.78, 5) is 11.8. The van der Waals surface area contributed by atoms with Crippen molar-refractivity contribution in [2.75, 3.05) is 6.54 Å². The van der Waals surface area contributed by atoms with Crippen LogP contribution >= 0.6 is 0 Å². The number of hydrogen-bond acceptors (Lipinski definition) is 4. The molecule has 0 aliphatic carbocycles. The molecule has 0 fully saturated rings. The van der Waals surface area contributed by atoms with Gasteiger partial charge in [-0.2, -0.15) is 0 Å². The van der Waals surface area contributed by atoms with Gasteiger partial charge in [0, 0.05) is 24.2 Å². The van der Waals surface area contributed by atoms with Crippen LogP contribution in [0.4, 0.5) is 4.79 Å². The van der Waals surface area contributed by atoms with E-state index in [1.165, 1.54) is 0 Å². The molecule has 0 saturated heterocycles. The molecule has 1 rings (SSSR count). The number of alkyl carbamates (subject to hydrolysis) is 1. The second-order valence-corrected chi connectivity index (χ2v) is 6.67. The Morgan fingerprint density at radius 1 is 1.22 bits per heavy atom. The molecule has 5 heteroatoms. The van der Waals surface area contributed by atoms with Crippen LogP contribution in [0.15, 0.2) is 24.3 Å². The zero-order valence-corrected chi connectivity index (χ0v) is 14.8. The van der Waals surface area contributed by atoms with Crippen molar-refractivity contribution in [1.82, 2.24) is 10.6 Å². The second kappa shape index (κ2) is 8.77. The maximum Gasteiger partial charge on any atom is 0.407 e. The largest absolute Gasteiger partial charge is 0.508 e. The van der Waals surface area contributed by atoms with Crippen LogP contribution in [0.3, 0.4) is 0 Å². The number of amides is 1. The molecule has 23 heavy (non-hydrogen) atoms. The summed E-state index contributed by atoms with van der Waals surface area (Å²) in [6.07, 6.45) is 1.30. The van der Waals surface area contributed by atoms with Gasteiger partial charge in [0.25, 0.3) is 0 Å². The van der Waals surface area contributed by atoms with Gasteiger partial charge in [-0.15, -0.1) is 0 Å². The van der Waals surface area contributed by atoms with Gasteiger partial charge in [0.2, 0.25) is 0 Å². The fourth-order valence-corrected chi connectivity index (χ4v) is 2.34. The van der Waals surface area contributed by atoms with Gasteiger partial charge in [0.15, 0.2) is 0 Å². The first-order chi connectivity index (χ1) is 10.8. The lowest BCUT2D eigenvalue weighted by Gasteiger charge is -2.26. The fraction of sp³-hybridized carbons (Fsp3) is 0.611. The van der Waals surface area contributed by atoms with E-state index < -0.39 is 11.7 Å². The number of para-hydroxylation sites is 1. The standard InChI is InChI=1S/C18H30N2O3/c1-6-13(12-19-17(22)23-18(3,4)5)20-15(7-2)14-10-8-9-11-16(14)21/h8-11,13,15,20-21H,6-7,12H2,1-5H3,(H,19,22). The maximum atomic E-state index is 11.8. The minimum absolute atomic E-state index is 0.0431. The van der Waals surface area contributed by atoms with Gasteiger partial charge < -0.3 is 20.5 Å². The van der Waals surface area contributed by atoms with Gasteiger partial charge >= 0.3 is 6.09 Å². The van der Waals surface area contributed by atoms with Crippen molar-refractivity contribution >= 4 is 6.09 Å². The van der Waals surface area contributed by atoms with Crippen LogP contribution in [0, 0.1) is 0 Å². The molecule has 1 amide bonds. The average molecular weight is 322 g/mol. The Balaban J connectivity index is 2.61. The number of carbonyl (C=O) groups excluding carboxylic acids is 1. The van der Waals surface area contributed by atoms with Crippen molar-refractivity contribution in [3.8, 4) is 5.75 Å². The molecule has 0 spiro atoms. The highest BCUT2D eigenvalue weighted by Crippen LogP contribution is 2.26. The van der Waals surface area contributed by atoms with Crippen molar-refractivity contribution in [2.45, 2.75) is 65.1 Å². The maximum absolute atomic E-state index is 11.8. The number of phenolic OH excluding ortho intramolecular Hbond substituents is 1. The molecule has 0 aliphatic rings. The SMILES string of the molecule is CCC(CNC(=O)OC(C)(C)C)NC(CC)c1ccccc1O. The Morgan fingerprint density at radius 3 is 2.39 bits per heavy atom. The topological polar surface area (TPSA) is 70.6 Å². The van der Waals surface area contributed by atoms with Crippen molar-refractivity contribution in [3.63, 3.8) is 0 Å². The molecule has 0 bridgehead atoms. The quantitative estimate of drug-likeness (QED) is 0.715. The van der Waals surface area contributed by atoms with Crippen LogP contribution in [-0.2, 0) is 4.74 Å². The normalized spacial score (nSPS) is 14.1. The molecular weight excluding hydrogens is 292 g/mol. The predicted molar refractivity (Wildman–Crippen MR) is 92.6 cm³/mol. The van der Waals surface area contributed by atoms with Crippen molar-refractivity contribution in [2.24, 2.45) is 0 Å². The summed E-state index contributed by atoms with van der Waals surface area (Å²) < 4.78 is 5.25. The molecule has 1 aromatic carbocycles. The molecule has 2 unspecified atom stereocenters. The van der Waals surface area contributed by atoms with E-state index in [1.54, 1.807) is 6.07 Å². The molecule has 0 heterocycles. The lowest BCUT2D eigenvalue weighted by Crippen LogP contribution is -2.43. The minimum atomic E-state index is -0.499. The molecular formula is C18H30N2O3. The number of carbonyl (C=O) groups is 1. The van der Waals surface area contributed by atoms with Gasteiger partial charge in [0.05, 0.1) is 0 Å². The highest BCUT2D eigenvalue weighted by atomic mass is 16.6. The second-order valence-electron chi connectivity index (χ2n) is 6.67. The van der Waals surface area contributed by atoms with Crippen molar-refractivity contribution < 1.29 is 14.6 Å². The molecule has 5 nitrogen and oxygen atoms in total. The van der Waals surface area contributed by atoms with E-state index in [1.807, 2.05) is 39.0 Å². The van der Waals surface area contributed by atoms with E-state index in [0.717, 1.165) is 18.4 Å². The van der Waals surface area contributed by atoms with Gasteiger partial charge in [-0.3, -0.25) is 0 Å². The highest BCUT2D eigenvalue weighted by Gasteiger charge is 2.19. The molecule has 0 saturated carbocycles. The molecule has 130 valence electrons. The summed E-state index contributed by atoms with van der Waals surface area (Å²) in [6.45, 7) is 10.1. The number of hydrogen-bond donors (Lipinski definition) is 3. The van der Waals surface area contributed by atoms with E-state index >= 15 is 0 Å². The summed E-state index contributed by atoms with van der Waals surface area (Å²) in [5, 5.41) is 16.3. The molecule has 1 aromatic rings. The summed E-state index contributed by atoms with van der Waals surface area (Å²) in [6, 6.07) is 7.49. The number of nitrogens with one attached hydrogen (secondary N) is 2. The van der Waals surface area contributed by atoms with E-state index in [2.05, 4.69) is 24.5 Å². The monoisotopic (exact) mass is 322 g/mol. The predicted octanol–water partition coefficient (Wildman–Crippen LogP) is 3.74. The lowest BCUT2D eigenvalue weighted by molar-refractivity contribution is 0.0521. The van der Waals surface area contributed by atoms with Crippen molar-refractivity contribution in [1.29, 1.82) is 0 Å². The Hall–Kier alpha value is -1.75. The molecule has 0 aliphatic heterocycles. The number of rotatable bonds is 7. The van der Waals surface area contributed by atoms with Crippen LogP contribution < -0.4 is 10.6 Å². The van der Waals surface area contributed by atoms with E-state index in [-0.39, 0.29) is 12.1 Å². The number of benzene rings is 1. The van der Waals surface area contributed by atoms with Gasteiger partial charge in [-0.1, -0.05) is 32.0 Å². The first-order valence-electron chi connectivity index (χ1n) is 8.27. The molecule has 0 radical (unpaired) electrons. The number of phenols is 1. The Bertz CT molecular complexity index is 497. The smallest absolute Gasteiger partial charge is 0.407 e. The lowest BCUT2D eigenvalue weighted by atomic mass is 10.0.